The lowest BCUT2D eigenvalue weighted by molar-refractivity contribution is -0.167. The molecule has 0 aromatic rings. The molecule has 0 aromatic heterocycles. The van der Waals surface area contributed by atoms with Gasteiger partial charge in [0.2, 0.25) is 0 Å². The molecule has 0 aromatic carbocycles. The predicted octanol–water partition coefficient (Wildman–Crippen LogP) is 25.2. The van der Waals surface area contributed by atoms with Gasteiger partial charge in [-0.25, -0.2) is 0 Å². The third-order valence-electron chi connectivity index (χ3n) is 16.2. The predicted molar refractivity (Wildman–Crippen MR) is 362 cm³/mol. The quantitative estimate of drug-likeness (QED) is 0.0261. The van der Waals surface area contributed by atoms with Gasteiger partial charge >= 0.3 is 17.9 Å². The van der Waals surface area contributed by atoms with Gasteiger partial charge in [0.15, 0.2) is 6.10 Å². The van der Waals surface area contributed by atoms with Crippen LogP contribution in [-0.4, -0.2) is 37.2 Å². The first kappa shape index (κ1) is 79.8. The van der Waals surface area contributed by atoms with E-state index >= 15 is 0 Å². The molecule has 6 nitrogen and oxygen atoms in total. The second-order valence-corrected chi connectivity index (χ2v) is 24.5. The molecule has 0 bridgehead atoms. The fourth-order valence-corrected chi connectivity index (χ4v) is 10.8. The molecule has 6 heteroatoms. The molecule has 0 radical (unpaired) electrons. The van der Waals surface area contributed by atoms with E-state index < -0.39 is 6.10 Å². The van der Waals surface area contributed by atoms with E-state index in [2.05, 4.69) is 93.7 Å². The van der Waals surface area contributed by atoms with Gasteiger partial charge in [0.25, 0.3) is 0 Å². The zero-order valence-electron chi connectivity index (χ0n) is 55.5. The zero-order valence-corrected chi connectivity index (χ0v) is 55.5. The number of allylic oxidation sites excluding steroid dienone is 12. The Morgan fingerprint density at radius 1 is 0.253 bits per heavy atom. The molecule has 0 rings (SSSR count). The van der Waals surface area contributed by atoms with Crippen molar-refractivity contribution in [1.29, 1.82) is 0 Å². The molecule has 0 heterocycles. The molecule has 0 amide bonds. The highest BCUT2D eigenvalue weighted by Gasteiger charge is 2.19. The number of hydrogen-bond donors (Lipinski definition) is 0. The highest BCUT2D eigenvalue weighted by Crippen LogP contribution is 2.19. The molecule has 0 spiro atoms. The summed E-state index contributed by atoms with van der Waals surface area (Å²) < 4.78 is 17.0. The van der Waals surface area contributed by atoms with Gasteiger partial charge < -0.3 is 14.2 Å². The van der Waals surface area contributed by atoms with E-state index in [0.29, 0.717) is 19.3 Å². The first-order valence-electron chi connectivity index (χ1n) is 36.4. The van der Waals surface area contributed by atoms with Crippen molar-refractivity contribution in [3.63, 3.8) is 0 Å². The van der Waals surface area contributed by atoms with Gasteiger partial charge in [-0.15, -0.1) is 0 Å². The number of hydrogen-bond acceptors (Lipinski definition) is 6. The molecule has 0 saturated carbocycles. The van der Waals surface area contributed by atoms with Crippen LogP contribution in [0, 0.1) is 0 Å². The average Bonchev–Trinajstić information content (AvgIpc) is 3.49. The molecule has 0 fully saturated rings. The van der Waals surface area contributed by atoms with Crippen molar-refractivity contribution in [2.24, 2.45) is 0 Å². The number of unbranched alkanes of at least 4 members (excludes halogenated alkanes) is 44. The highest BCUT2D eigenvalue weighted by atomic mass is 16.6. The number of carbonyl (C=O) groups is 3. The van der Waals surface area contributed by atoms with Gasteiger partial charge in [-0.3, -0.25) is 14.4 Å². The van der Waals surface area contributed by atoms with E-state index in [1.807, 2.05) is 0 Å². The van der Waals surface area contributed by atoms with Crippen molar-refractivity contribution in [1.82, 2.24) is 0 Å². The molecule has 0 saturated heterocycles. The summed E-state index contributed by atoms with van der Waals surface area (Å²) in [5, 5.41) is 0. The lowest BCUT2D eigenvalue weighted by atomic mass is 10.0. The Balaban J connectivity index is 4.18. The molecule has 0 aliphatic heterocycles. The molecule has 1 atom stereocenters. The van der Waals surface area contributed by atoms with E-state index in [9.17, 15) is 14.4 Å². The van der Waals surface area contributed by atoms with Crippen molar-refractivity contribution in [2.75, 3.05) is 13.2 Å². The Kier molecular flexibility index (Phi) is 68.6. The summed E-state index contributed by atoms with van der Waals surface area (Å²) >= 11 is 0. The minimum atomic E-state index is -0.779. The Morgan fingerprint density at radius 3 is 0.783 bits per heavy atom. The van der Waals surface area contributed by atoms with Crippen LogP contribution in [0.15, 0.2) is 72.9 Å². The minimum Gasteiger partial charge on any atom is -0.462 e. The van der Waals surface area contributed by atoms with Crippen LogP contribution in [0.3, 0.4) is 0 Å². The van der Waals surface area contributed by atoms with Crippen molar-refractivity contribution in [3.8, 4) is 0 Å². The second kappa shape index (κ2) is 71.3. The van der Waals surface area contributed by atoms with Crippen molar-refractivity contribution < 1.29 is 28.6 Å². The summed E-state index contributed by atoms with van der Waals surface area (Å²) in [6.07, 6.45) is 93.8. The van der Waals surface area contributed by atoms with Crippen LogP contribution in [-0.2, 0) is 28.6 Å². The Morgan fingerprint density at radius 2 is 0.494 bits per heavy atom. The van der Waals surface area contributed by atoms with E-state index in [1.54, 1.807) is 0 Å². The van der Waals surface area contributed by atoms with Gasteiger partial charge in [-0.05, 0) is 83.5 Å². The van der Waals surface area contributed by atoms with Gasteiger partial charge in [0.05, 0.1) is 0 Å². The van der Waals surface area contributed by atoms with Gasteiger partial charge in [0.1, 0.15) is 13.2 Å². The van der Waals surface area contributed by atoms with Crippen LogP contribution in [0.1, 0.15) is 380 Å². The molecule has 1 unspecified atom stereocenters. The van der Waals surface area contributed by atoms with Crippen LogP contribution >= 0.6 is 0 Å². The number of rotatable bonds is 67. The smallest absolute Gasteiger partial charge is 0.306 e. The highest BCUT2D eigenvalue weighted by molar-refractivity contribution is 5.71. The SMILES string of the molecule is CC/C=C\C/C=C\C/C=C\C/C=C\CCCCCCCCCCCCCCCCCCCCC(=O)OCC(COC(=O)CCCCCCC/C=C\C/C=C\CCC)OC(=O)CCCCCCCCCCCCCCCCCCCCCCC. The summed E-state index contributed by atoms with van der Waals surface area (Å²) in [5.74, 6) is -0.863. The topological polar surface area (TPSA) is 78.9 Å². The van der Waals surface area contributed by atoms with Crippen LogP contribution in [0.5, 0.6) is 0 Å². The van der Waals surface area contributed by atoms with Gasteiger partial charge in [0, 0.05) is 19.3 Å². The van der Waals surface area contributed by atoms with Crippen molar-refractivity contribution >= 4 is 17.9 Å². The summed E-state index contributed by atoms with van der Waals surface area (Å²) in [6, 6.07) is 0. The third kappa shape index (κ3) is 69.5. The molecule has 0 N–H and O–H groups in total. The normalized spacial score (nSPS) is 12.5. The van der Waals surface area contributed by atoms with Crippen LogP contribution < -0.4 is 0 Å². The van der Waals surface area contributed by atoms with Gasteiger partial charge in [-0.1, -0.05) is 351 Å². The van der Waals surface area contributed by atoms with Crippen LogP contribution in [0.2, 0.25) is 0 Å². The molecular weight excluding hydrogens is 1020 g/mol. The minimum absolute atomic E-state index is 0.0742. The summed E-state index contributed by atoms with van der Waals surface area (Å²) in [6.45, 7) is 6.52. The Hall–Kier alpha value is -3.15. The van der Waals surface area contributed by atoms with E-state index in [1.165, 1.54) is 231 Å². The average molecular weight is 1160 g/mol. The van der Waals surface area contributed by atoms with Crippen molar-refractivity contribution in [2.45, 2.75) is 386 Å². The number of esters is 3. The molecule has 0 aliphatic carbocycles. The van der Waals surface area contributed by atoms with E-state index in [0.717, 1.165) is 109 Å². The lowest BCUT2D eigenvalue weighted by Crippen LogP contribution is -2.30. The standard InChI is InChI=1S/C77H138O6/c1-4-7-10-13-16-19-22-25-27-29-31-33-34-35-36-37-38-39-40-41-42-44-45-47-49-52-55-58-61-64-67-70-76(79)82-73-74(72-81-75(78)69-66-63-60-57-54-51-24-21-18-15-12-9-6-3)83-77(80)71-68-65-62-59-56-53-50-48-46-43-32-30-28-26-23-20-17-14-11-8-5-2/h7,10,12,15-16,19,21,24-25,27,31,33,74H,4-6,8-9,11,13-14,17-18,20,22-23,26,28-30,32,34-73H2,1-3H3/b10-7-,15-12-,19-16-,24-21-,27-25-,33-31-. The number of ether oxygens (including phenoxy) is 3. The second-order valence-electron chi connectivity index (χ2n) is 24.5. The van der Waals surface area contributed by atoms with Crippen LogP contribution in [0.25, 0.3) is 0 Å². The Bertz CT molecular complexity index is 1520. The van der Waals surface area contributed by atoms with Gasteiger partial charge in [-0.2, -0.15) is 0 Å². The maximum atomic E-state index is 13.0. The molecule has 482 valence electrons. The maximum absolute atomic E-state index is 13.0. The first-order valence-corrected chi connectivity index (χ1v) is 36.4. The summed E-state index contributed by atoms with van der Waals surface area (Å²) in [7, 11) is 0. The monoisotopic (exact) mass is 1160 g/mol. The largest absolute Gasteiger partial charge is 0.462 e. The fraction of sp³-hybridized carbons (Fsp3) is 0.805. The first-order chi connectivity index (χ1) is 41.0. The summed E-state index contributed by atoms with van der Waals surface area (Å²) in [5.41, 5.74) is 0. The lowest BCUT2D eigenvalue weighted by Gasteiger charge is -2.18. The van der Waals surface area contributed by atoms with Crippen LogP contribution in [0.4, 0.5) is 0 Å². The van der Waals surface area contributed by atoms with Crippen molar-refractivity contribution in [3.05, 3.63) is 72.9 Å². The maximum Gasteiger partial charge on any atom is 0.306 e. The fourth-order valence-electron chi connectivity index (χ4n) is 10.8. The molecule has 83 heavy (non-hydrogen) atoms. The number of carbonyl (C=O) groups excluding carboxylic acids is 3. The zero-order chi connectivity index (χ0) is 59.9. The Labute approximate surface area is 516 Å². The van der Waals surface area contributed by atoms with E-state index in [4.69, 9.17) is 14.2 Å². The van der Waals surface area contributed by atoms with E-state index in [-0.39, 0.29) is 31.1 Å². The molecule has 0 aliphatic rings. The third-order valence-corrected chi connectivity index (χ3v) is 16.2. The molecular formula is C77H138O6. The summed E-state index contributed by atoms with van der Waals surface area (Å²) in [4.78, 5) is 38.4.